The Hall–Kier alpha value is -2.86. The SMILES string of the molecule is Cc1cccc(Oc2ccc(NC(=O)CN3CCNC(=O)C3(C)C)cc2)c1. The second-order valence-electron chi connectivity index (χ2n) is 7.23. The Kier molecular flexibility index (Phi) is 5.46. The summed E-state index contributed by atoms with van der Waals surface area (Å²) in [6.45, 7) is 7.04. The quantitative estimate of drug-likeness (QED) is 0.852. The zero-order chi connectivity index (χ0) is 19.4. The summed E-state index contributed by atoms with van der Waals surface area (Å²) >= 11 is 0. The van der Waals surface area contributed by atoms with Crippen molar-refractivity contribution in [2.24, 2.45) is 0 Å². The van der Waals surface area contributed by atoms with Crippen LogP contribution in [0.1, 0.15) is 19.4 Å². The van der Waals surface area contributed by atoms with Crippen molar-refractivity contribution in [2.45, 2.75) is 26.3 Å². The number of amides is 2. The molecule has 6 nitrogen and oxygen atoms in total. The van der Waals surface area contributed by atoms with Crippen LogP contribution in [-0.2, 0) is 9.59 Å². The van der Waals surface area contributed by atoms with Gasteiger partial charge in [-0.15, -0.1) is 0 Å². The number of rotatable bonds is 5. The van der Waals surface area contributed by atoms with Gasteiger partial charge in [-0.05, 0) is 62.7 Å². The number of anilines is 1. The molecule has 0 radical (unpaired) electrons. The van der Waals surface area contributed by atoms with E-state index in [-0.39, 0.29) is 18.4 Å². The Morgan fingerprint density at radius 3 is 2.63 bits per heavy atom. The number of piperazine rings is 1. The Morgan fingerprint density at radius 1 is 1.19 bits per heavy atom. The van der Waals surface area contributed by atoms with E-state index in [0.717, 1.165) is 11.3 Å². The van der Waals surface area contributed by atoms with Crippen molar-refractivity contribution in [1.29, 1.82) is 0 Å². The van der Waals surface area contributed by atoms with Gasteiger partial charge in [0.25, 0.3) is 0 Å². The standard InChI is InChI=1S/C21H25N3O3/c1-15-5-4-6-18(13-15)27-17-9-7-16(8-10-17)23-19(25)14-24-12-11-22-20(26)21(24,2)3/h4-10,13H,11-12,14H2,1-3H3,(H,22,26)(H,23,25). The predicted octanol–water partition coefficient (Wildman–Crippen LogP) is 2.94. The van der Waals surface area contributed by atoms with Crippen molar-refractivity contribution in [3.8, 4) is 11.5 Å². The molecule has 6 heteroatoms. The number of nitrogens with one attached hydrogen (secondary N) is 2. The minimum Gasteiger partial charge on any atom is -0.457 e. The molecule has 1 saturated heterocycles. The first-order valence-electron chi connectivity index (χ1n) is 9.02. The molecule has 1 heterocycles. The van der Waals surface area contributed by atoms with Gasteiger partial charge in [0, 0.05) is 18.8 Å². The number of carbonyl (C=O) groups is 2. The highest BCUT2D eigenvalue weighted by atomic mass is 16.5. The van der Waals surface area contributed by atoms with E-state index < -0.39 is 5.54 Å². The Morgan fingerprint density at radius 2 is 1.93 bits per heavy atom. The molecular weight excluding hydrogens is 342 g/mol. The summed E-state index contributed by atoms with van der Waals surface area (Å²) in [6.07, 6.45) is 0. The van der Waals surface area contributed by atoms with Crippen molar-refractivity contribution in [2.75, 3.05) is 25.0 Å². The van der Waals surface area contributed by atoms with Gasteiger partial charge in [-0.1, -0.05) is 12.1 Å². The zero-order valence-electron chi connectivity index (χ0n) is 15.9. The van der Waals surface area contributed by atoms with Crippen LogP contribution in [0.25, 0.3) is 0 Å². The third kappa shape index (κ3) is 4.65. The van der Waals surface area contributed by atoms with E-state index in [1.54, 1.807) is 12.1 Å². The average Bonchev–Trinajstić information content (AvgIpc) is 2.61. The van der Waals surface area contributed by atoms with Gasteiger partial charge in [0.05, 0.1) is 12.1 Å². The summed E-state index contributed by atoms with van der Waals surface area (Å²) in [5, 5.41) is 5.70. The molecule has 0 atom stereocenters. The first-order chi connectivity index (χ1) is 12.8. The number of benzene rings is 2. The highest BCUT2D eigenvalue weighted by Crippen LogP contribution is 2.24. The molecule has 1 fully saturated rings. The summed E-state index contributed by atoms with van der Waals surface area (Å²) in [7, 11) is 0. The number of hydrogen-bond donors (Lipinski definition) is 2. The first kappa shape index (κ1) is 18.9. The summed E-state index contributed by atoms with van der Waals surface area (Å²) < 4.78 is 5.81. The molecule has 0 unspecified atom stereocenters. The minimum absolute atomic E-state index is 0.0563. The number of nitrogens with zero attached hydrogens (tertiary/aromatic N) is 1. The Balaban J connectivity index is 1.58. The first-order valence-corrected chi connectivity index (χ1v) is 9.02. The average molecular weight is 367 g/mol. The molecular formula is C21H25N3O3. The van der Waals surface area contributed by atoms with Crippen LogP contribution in [0, 0.1) is 6.92 Å². The fourth-order valence-corrected chi connectivity index (χ4v) is 3.02. The monoisotopic (exact) mass is 367 g/mol. The van der Waals surface area contributed by atoms with E-state index in [2.05, 4.69) is 10.6 Å². The lowest BCUT2D eigenvalue weighted by atomic mass is 9.99. The van der Waals surface area contributed by atoms with Crippen LogP contribution < -0.4 is 15.4 Å². The van der Waals surface area contributed by atoms with Gasteiger partial charge in [0.15, 0.2) is 0 Å². The van der Waals surface area contributed by atoms with E-state index >= 15 is 0 Å². The molecule has 2 aromatic carbocycles. The maximum atomic E-state index is 12.4. The van der Waals surface area contributed by atoms with E-state index in [1.165, 1.54) is 0 Å². The zero-order valence-corrected chi connectivity index (χ0v) is 15.9. The summed E-state index contributed by atoms with van der Waals surface area (Å²) in [6, 6.07) is 15.1. The highest BCUT2D eigenvalue weighted by Gasteiger charge is 2.38. The van der Waals surface area contributed by atoms with E-state index in [0.29, 0.717) is 24.5 Å². The van der Waals surface area contributed by atoms with Gasteiger partial charge in [0.1, 0.15) is 11.5 Å². The molecule has 2 amide bonds. The lowest BCUT2D eigenvalue weighted by Gasteiger charge is -2.40. The lowest BCUT2D eigenvalue weighted by molar-refractivity contribution is -0.136. The van der Waals surface area contributed by atoms with Crippen LogP contribution in [0.4, 0.5) is 5.69 Å². The summed E-state index contributed by atoms with van der Waals surface area (Å²) in [4.78, 5) is 26.2. The second-order valence-corrected chi connectivity index (χ2v) is 7.23. The van der Waals surface area contributed by atoms with E-state index in [1.807, 2.05) is 62.1 Å². The van der Waals surface area contributed by atoms with Crippen molar-refractivity contribution < 1.29 is 14.3 Å². The van der Waals surface area contributed by atoms with Crippen LogP contribution in [-0.4, -0.2) is 41.9 Å². The molecule has 0 saturated carbocycles. The molecule has 0 bridgehead atoms. The normalized spacial score (nSPS) is 16.5. The van der Waals surface area contributed by atoms with Crippen molar-refractivity contribution in [3.05, 3.63) is 54.1 Å². The van der Waals surface area contributed by atoms with Crippen LogP contribution in [0.5, 0.6) is 11.5 Å². The number of ether oxygens (including phenoxy) is 1. The number of hydrogen-bond acceptors (Lipinski definition) is 4. The van der Waals surface area contributed by atoms with Gasteiger partial charge in [-0.25, -0.2) is 0 Å². The predicted molar refractivity (Wildman–Crippen MR) is 105 cm³/mol. The molecule has 27 heavy (non-hydrogen) atoms. The lowest BCUT2D eigenvalue weighted by Crippen LogP contribution is -2.62. The topological polar surface area (TPSA) is 70.7 Å². The number of carbonyl (C=O) groups excluding carboxylic acids is 2. The fraction of sp³-hybridized carbons (Fsp3) is 0.333. The maximum absolute atomic E-state index is 12.4. The highest BCUT2D eigenvalue weighted by molar-refractivity contribution is 5.93. The van der Waals surface area contributed by atoms with Crippen molar-refractivity contribution in [3.63, 3.8) is 0 Å². The van der Waals surface area contributed by atoms with Crippen molar-refractivity contribution >= 4 is 17.5 Å². The molecule has 0 aromatic heterocycles. The largest absolute Gasteiger partial charge is 0.457 e. The third-order valence-electron chi connectivity index (χ3n) is 4.71. The molecule has 2 N–H and O–H groups in total. The van der Waals surface area contributed by atoms with Crippen molar-refractivity contribution in [1.82, 2.24) is 10.2 Å². The molecule has 3 rings (SSSR count). The van der Waals surface area contributed by atoms with Gasteiger partial charge in [0.2, 0.25) is 11.8 Å². The van der Waals surface area contributed by atoms with Crippen LogP contribution in [0.2, 0.25) is 0 Å². The molecule has 2 aromatic rings. The molecule has 142 valence electrons. The second kappa shape index (κ2) is 7.80. The third-order valence-corrected chi connectivity index (χ3v) is 4.71. The van der Waals surface area contributed by atoms with Gasteiger partial charge in [-0.2, -0.15) is 0 Å². The molecule has 0 aliphatic carbocycles. The summed E-state index contributed by atoms with van der Waals surface area (Å²) in [5.41, 5.74) is 1.13. The maximum Gasteiger partial charge on any atom is 0.240 e. The Bertz CT molecular complexity index is 831. The van der Waals surface area contributed by atoms with Crippen LogP contribution in [0.15, 0.2) is 48.5 Å². The molecule has 1 aliphatic heterocycles. The fourth-order valence-electron chi connectivity index (χ4n) is 3.02. The smallest absolute Gasteiger partial charge is 0.240 e. The number of aryl methyl sites for hydroxylation is 1. The van der Waals surface area contributed by atoms with E-state index in [9.17, 15) is 9.59 Å². The minimum atomic E-state index is -0.693. The molecule has 0 spiro atoms. The van der Waals surface area contributed by atoms with Gasteiger partial charge in [-0.3, -0.25) is 14.5 Å². The van der Waals surface area contributed by atoms with Crippen LogP contribution >= 0.6 is 0 Å². The van der Waals surface area contributed by atoms with Gasteiger partial charge < -0.3 is 15.4 Å². The Labute approximate surface area is 159 Å². The van der Waals surface area contributed by atoms with Crippen LogP contribution in [0.3, 0.4) is 0 Å². The molecule has 1 aliphatic rings. The van der Waals surface area contributed by atoms with E-state index in [4.69, 9.17) is 4.74 Å². The van der Waals surface area contributed by atoms with Gasteiger partial charge >= 0.3 is 0 Å². The summed E-state index contributed by atoms with van der Waals surface area (Å²) in [5.74, 6) is 1.27.